The van der Waals surface area contributed by atoms with E-state index < -0.39 is 29.5 Å². The van der Waals surface area contributed by atoms with Crippen LogP contribution in [0.25, 0.3) is 11.1 Å². The zero-order valence-electron chi connectivity index (χ0n) is 18.0. The van der Waals surface area contributed by atoms with Gasteiger partial charge in [0, 0.05) is 20.0 Å². The fourth-order valence-electron chi connectivity index (χ4n) is 3.40. The maximum atomic E-state index is 14.9. The molecule has 1 aromatic carbocycles. The summed E-state index contributed by atoms with van der Waals surface area (Å²) in [5.74, 6) is -1.26. The third-order valence-corrected chi connectivity index (χ3v) is 5.18. The first-order chi connectivity index (χ1) is 13.9. The summed E-state index contributed by atoms with van der Waals surface area (Å²) in [5, 5.41) is 0. The number of carbonyl (C=O) groups excluding carboxylic acids is 3. The minimum absolute atomic E-state index is 0.0527. The lowest BCUT2D eigenvalue weighted by molar-refractivity contribution is -0.122. The van der Waals surface area contributed by atoms with Crippen molar-refractivity contribution in [3.63, 3.8) is 0 Å². The Labute approximate surface area is 174 Å². The van der Waals surface area contributed by atoms with Crippen molar-refractivity contribution >= 4 is 35.4 Å². The van der Waals surface area contributed by atoms with Crippen molar-refractivity contribution in [3.8, 4) is 0 Å². The van der Waals surface area contributed by atoms with Gasteiger partial charge in [-0.2, -0.15) is 4.98 Å². The average molecular weight is 419 g/mol. The van der Waals surface area contributed by atoms with Crippen LogP contribution in [0.1, 0.15) is 38.8 Å². The summed E-state index contributed by atoms with van der Waals surface area (Å²) in [5.41, 5.74) is 0.711. The van der Waals surface area contributed by atoms with Gasteiger partial charge in [-0.05, 0) is 57.7 Å². The van der Waals surface area contributed by atoms with E-state index in [0.29, 0.717) is 18.4 Å². The van der Waals surface area contributed by atoms with Gasteiger partial charge in [0.05, 0.1) is 0 Å². The molecule has 0 spiro atoms. The second-order valence-electron chi connectivity index (χ2n) is 8.64. The normalized spacial score (nSPS) is 16.8. The van der Waals surface area contributed by atoms with E-state index in [0.717, 1.165) is 16.7 Å². The minimum Gasteiger partial charge on any atom is -0.444 e. The highest BCUT2D eigenvalue weighted by atomic mass is 19.1. The third kappa shape index (κ3) is 4.01. The Kier molecular flexibility index (Phi) is 5.58. The van der Waals surface area contributed by atoms with Gasteiger partial charge in [-0.3, -0.25) is 14.6 Å². The van der Waals surface area contributed by atoms with Crippen molar-refractivity contribution in [1.82, 2.24) is 9.88 Å². The van der Waals surface area contributed by atoms with Gasteiger partial charge in [0.15, 0.2) is 11.4 Å². The van der Waals surface area contributed by atoms with E-state index in [-0.39, 0.29) is 23.0 Å². The van der Waals surface area contributed by atoms with Gasteiger partial charge in [0.25, 0.3) is 5.91 Å². The number of aldehydes is 1. The standard InChI is InChI=1S/C21H26FN3O5/c1-11(24(5)20(28)30-21(2,3)4)18(27)25(6)19-23-15-9-13-7-12(10-26)8-14(13)16(22)17(15)29-19/h9-12H,7-8H2,1-6H3/t11-,12?/m1/s1. The van der Waals surface area contributed by atoms with Crippen LogP contribution in [0.15, 0.2) is 10.5 Å². The maximum absolute atomic E-state index is 14.9. The fraction of sp³-hybridized carbons (Fsp3) is 0.524. The Hall–Kier alpha value is -2.97. The molecule has 162 valence electrons. The minimum atomic E-state index is -0.858. The number of aromatic nitrogens is 1. The summed E-state index contributed by atoms with van der Waals surface area (Å²) >= 11 is 0. The van der Waals surface area contributed by atoms with E-state index in [9.17, 15) is 18.8 Å². The molecule has 1 heterocycles. The van der Waals surface area contributed by atoms with E-state index in [1.165, 1.54) is 19.0 Å². The predicted molar refractivity (Wildman–Crippen MR) is 108 cm³/mol. The molecule has 1 aliphatic rings. The van der Waals surface area contributed by atoms with Crippen LogP contribution in [-0.2, 0) is 27.2 Å². The zero-order chi connectivity index (χ0) is 22.4. The van der Waals surface area contributed by atoms with Gasteiger partial charge >= 0.3 is 12.1 Å². The lowest BCUT2D eigenvalue weighted by atomic mass is 10.1. The van der Waals surface area contributed by atoms with Crippen molar-refractivity contribution < 1.29 is 27.9 Å². The molecule has 2 amide bonds. The number of benzene rings is 1. The monoisotopic (exact) mass is 419 g/mol. The highest BCUT2D eigenvalue weighted by molar-refractivity contribution is 5.97. The molecule has 2 aromatic rings. The molecule has 0 bridgehead atoms. The highest BCUT2D eigenvalue weighted by Crippen LogP contribution is 2.34. The Morgan fingerprint density at radius 1 is 1.33 bits per heavy atom. The summed E-state index contributed by atoms with van der Waals surface area (Å²) in [6.45, 7) is 6.76. The SMILES string of the molecule is C[C@H](C(=O)N(C)c1nc2cc3c(c(F)c2o1)CC(C=O)C3)N(C)C(=O)OC(C)(C)C. The molecule has 0 N–H and O–H groups in total. The van der Waals surface area contributed by atoms with Gasteiger partial charge in [-0.25, -0.2) is 9.18 Å². The Balaban J connectivity index is 1.82. The molecule has 30 heavy (non-hydrogen) atoms. The lowest BCUT2D eigenvalue weighted by Gasteiger charge is -2.29. The topological polar surface area (TPSA) is 93.0 Å². The molecule has 3 rings (SSSR count). The molecule has 9 heteroatoms. The number of ether oxygens (including phenoxy) is 1. The van der Waals surface area contributed by atoms with Crippen molar-refractivity contribution in [1.29, 1.82) is 0 Å². The van der Waals surface area contributed by atoms with Gasteiger partial charge in [-0.1, -0.05) is 0 Å². The van der Waals surface area contributed by atoms with Gasteiger partial charge < -0.3 is 13.9 Å². The third-order valence-electron chi connectivity index (χ3n) is 5.18. The number of likely N-dealkylation sites (N-methyl/N-ethyl adjacent to an activating group) is 2. The van der Waals surface area contributed by atoms with Crippen LogP contribution in [0.5, 0.6) is 0 Å². The summed E-state index contributed by atoms with van der Waals surface area (Å²) in [6, 6.07) is 0.760. The van der Waals surface area contributed by atoms with Crippen molar-refractivity contribution in [2.24, 2.45) is 5.92 Å². The van der Waals surface area contributed by atoms with Gasteiger partial charge in [-0.15, -0.1) is 0 Å². The number of fused-ring (bicyclic) bond motifs is 2. The number of rotatable bonds is 4. The molecule has 8 nitrogen and oxygen atoms in total. The molecule has 0 aliphatic heterocycles. The van der Waals surface area contributed by atoms with E-state index >= 15 is 0 Å². The number of halogens is 1. The maximum Gasteiger partial charge on any atom is 0.410 e. The number of hydrogen-bond acceptors (Lipinski definition) is 6. The first kappa shape index (κ1) is 21.7. The van der Waals surface area contributed by atoms with Gasteiger partial charge in [0.1, 0.15) is 23.4 Å². The van der Waals surface area contributed by atoms with Crippen molar-refractivity contribution in [2.75, 3.05) is 19.0 Å². The molecular formula is C21H26FN3O5. The van der Waals surface area contributed by atoms with Crippen LogP contribution in [0.3, 0.4) is 0 Å². The first-order valence-electron chi connectivity index (χ1n) is 9.72. The van der Waals surface area contributed by atoms with Crippen LogP contribution >= 0.6 is 0 Å². The van der Waals surface area contributed by atoms with Crippen LogP contribution in [0.2, 0.25) is 0 Å². The molecule has 0 saturated heterocycles. The predicted octanol–water partition coefficient (Wildman–Crippen LogP) is 3.10. The summed E-state index contributed by atoms with van der Waals surface area (Å²) in [4.78, 5) is 42.7. The largest absolute Gasteiger partial charge is 0.444 e. The van der Waals surface area contributed by atoms with E-state index in [1.54, 1.807) is 33.8 Å². The average Bonchev–Trinajstić information content (AvgIpc) is 3.28. The van der Waals surface area contributed by atoms with E-state index in [1.807, 2.05) is 0 Å². The van der Waals surface area contributed by atoms with Crippen molar-refractivity contribution in [3.05, 3.63) is 23.0 Å². The molecule has 0 radical (unpaired) electrons. The van der Waals surface area contributed by atoms with E-state index in [4.69, 9.17) is 9.15 Å². The smallest absolute Gasteiger partial charge is 0.410 e. The highest BCUT2D eigenvalue weighted by Gasteiger charge is 2.32. The Morgan fingerprint density at radius 3 is 2.60 bits per heavy atom. The summed E-state index contributed by atoms with van der Waals surface area (Å²) < 4.78 is 25.7. The van der Waals surface area contributed by atoms with Gasteiger partial charge in [0.2, 0.25) is 0 Å². The number of nitrogens with zero attached hydrogens (tertiary/aromatic N) is 3. The first-order valence-corrected chi connectivity index (χ1v) is 9.72. The van der Waals surface area contributed by atoms with Crippen LogP contribution in [0, 0.1) is 11.7 Å². The fourth-order valence-corrected chi connectivity index (χ4v) is 3.40. The molecule has 1 aliphatic carbocycles. The molecule has 1 aromatic heterocycles. The molecule has 0 saturated carbocycles. The lowest BCUT2D eigenvalue weighted by Crippen LogP contribution is -2.48. The quantitative estimate of drug-likeness (QED) is 0.707. The molecule has 0 fully saturated rings. The second kappa shape index (κ2) is 7.70. The Morgan fingerprint density at radius 2 is 2.00 bits per heavy atom. The number of hydrogen-bond donors (Lipinski definition) is 0. The number of oxazole rings is 1. The number of amides is 2. The second-order valence-corrected chi connectivity index (χ2v) is 8.64. The zero-order valence-corrected chi connectivity index (χ0v) is 18.0. The molecule has 1 unspecified atom stereocenters. The summed E-state index contributed by atoms with van der Waals surface area (Å²) in [6.07, 6.45) is 0.972. The van der Waals surface area contributed by atoms with Crippen LogP contribution in [-0.4, -0.2) is 53.9 Å². The Bertz CT molecular complexity index is 1010. The van der Waals surface area contributed by atoms with Crippen LogP contribution < -0.4 is 4.90 Å². The molecule has 2 atom stereocenters. The van der Waals surface area contributed by atoms with E-state index in [2.05, 4.69) is 4.98 Å². The number of anilines is 1. The van der Waals surface area contributed by atoms with Crippen LogP contribution in [0.4, 0.5) is 15.2 Å². The van der Waals surface area contributed by atoms with Crippen molar-refractivity contribution in [2.45, 2.75) is 52.2 Å². The molecular weight excluding hydrogens is 393 g/mol. The number of carbonyl (C=O) groups is 3. The summed E-state index contributed by atoms with van der Waals surface area (Å²) in [7, 11) is 2.91.